The van der Waals surface area contributed by atoms with Gasteiger partial charge >= 0.3 is 5.97 Å². The van der Waals surface area contributed by atoms with E-state index in [1.165, 1.54) is 6.07 Å². The van der Waals surface area contributed by atoms with Crippen LogP contribution in [0.5, 0.6) is 0 Å². The quantitative estimate of drug-likeness (QED) is 0.579. The highest BCUT2D eigenvalue weighted by Gasteiger charge is 2.29. The van der Waals surface area contributed by atoms with E-state index < -0.39 is 11.6 Å². The van der Waals surface area contributed by atoms with E-state index in [0.29, 0.717) is 30.3 Å². The number of hydrogen-bond acceptors (Lipinski definition) is 7. The van der Waals surface area contributed by atoms with Crippen LogP contribution in [0.3, 0.4) is 0 Å². The minimum atomic E-state index is -0.722. The van der Waals surface area contributed by atoms with E-state index in [1.807, 2.05) is 4.90 Å². The Morgan fingerprint density at radius 2 is 1.76 bits per heavy atom. The zero-order valence-electron chi connectivity index (χ0n) is 19.5. The van der Waals surface area contributed by atoms with Gasteiger partial charge in [0.2, 0.25) is 5.58 Å². The normalized spacial score (nSPS) is 25.1. The van der Waals surface area contributed by atoms with Crippen molar-refractivity contribution in [1.82, 2.24) is 10.1 Å². The van der Waals surface area contributed by atoms with Gasteiger partial charge in [-0.1, -0.05) is 5.16 Å². The van der Waals surface area contributed by atoms with Crippen molar-refractivity contribution in [3.63, 3.8) is 0 Å². The minimum absolute atomic E-state index is 0.00729. The van der Waals surface area contributed by atoms with Crippen molar-refractivity contribution in [3.8, 4) is 0 Å². The predicted molar refractivity (Wildman–Crippen MR) is 123 cm³/mol. The summed E-state index contributed by atoms with van der Waals surface area (Å²) < 4.78 is 43.8. The molecule has 1 saturated carbocycles. The first-order valence-electron chi connectivity index (χ1n) is 12.6. The monoisotopic (exact) mass is 477 g/mol. The molecular formula is C25H33F2N3O4. The second-order valence-corrected chi connectivity index (χ2v) is 9.85. The molecule has 0 bridgehead atoms. The van der Waals surface area contributed by atoms with E-state index in [2.05, 4.69) is 10.1 Å². The number of esters is 1. The molecule has 2 aliphatic heterocycles. The summed E-state index contributed by atoms with van der Waals surface area (Å²) in [6.07, 6.45) is 6.90. The zero-order valence-corrected chi connectivity index (χ0v) is 19.5. The molecular weight excluding hydrogens is 444 g/mol. The summed E-state index contributed by atoms with van der Waals surface area (Å²) in [5.41, 5.74) is 0.00729. The number of anilines is 1. The van der Waals surface area contributed by atoms with Gasteiger partial charge in [-0.25, -0.2) is 8.78 Å². The van der Waals surface area contributed by atoms with Gasteiger partial charge < -0.3 is 18.9 Å². The third-order valence-electron chi connectivity index (χ3n) is 7.63. The maximum atomic E-state index is 13.9. The molecule has 186 valence electrons. The Morgan fingerprint density at radius 3 is 2.50 bits per heavy atom. The maximum Gasteiger partial charge on any atom is 0.309 e. The van der Waals surface area contributed by atoms with E-state index in [1.54, 1.807) is 0 Å². The molecule has 0 N–H and O–H groups in total. The number of rotatable bonds is 6. The summed E-state index contributed by atoms with van der Waals surface area (Å²) in [4.78, 5) is 16.8. The Labute approximate surface area is 198 Å². The van der Waals surface area contributed by atoms with Crippen LogP contribution in [0.2, 0.25) is 0 Å². The average molecular weight is 478 g/mol. The summed E-state index contributed by atoms with van der Waals surface area (Å²) in [6.45, 7) is 5.60. The summed E-state index contributed by atoms with van der Waals surface area (Å²) in [5.74, 6) is -0.182. The first kappa shape index (κ1) is 23.5. The molecule has 0 spiro atoms. The minimum Gasteiger partial charge on any atom is -0.462 e. The molecule has 3 aliphatic rings. The van der Waals surface area contributed by atoms with Crippen LogP contribution in [-0.2, 0) is 14.3 Å². The number of ether oxygens (including phenoxy) is 2. The van der Waals surface area contributed by atoms with Gasteiger partial charge in [-0.05, 0) is 63.5 Å². The van der Waals surface area contributed by atoms with E-state index in [-0.39, 0.29) is 23.6 Å². The summed E-state index contributed by atoms with van der Waals surface area (Å²) >= 11 is 0. The van der Waals surface area contributed by atoms with Gasteiger partial charge in [-0.2, -0.15) is 0 Å². The highest BCUT2D eigenvalue weighted by Crippen LogP contribution is 2.31. The number of hydrogen-bond donors (Lipinski definition) is 0. The highest BCUT2D eigenvalue weighted by atomic mass is 19.1. The molecule has 5 rings (SSSR count). The van der Waals surface area contributed by atoms with Crippen LogP contribution < -0.4 is 4.90 Å². The van der Waals surface area contributed by atoms with Gasteiger partial charge in [0, 0.05) is 45.5 Å². The van der Waals surface area contributed by atoms with Crippen molar-refractivity contribution >= 4 is 22.8 Å². The second kappa shape index (κ2) is 10.6. The molecule has 34 heavy (non-hydrogen) atoms. The number of benzene rings is 1. The lowest BCUT2D eigenvalue weighted by Crippen LogP contribution is -2.47. The van der Waals surface area contributed by atoms with Crippen LogP contribution in [-0.4, -0.2) is 68.1 Å². The third kappa shape index (κ3) is 5.35. The van der Waals surface area contributed by atoms with Gasteiger partial charge in [-0.3, -0.25) is 9.69 Å². The van der Waals surface area contributed by atoms with Crippen LogP contribution in [0.1, 0.15) is 44.9 Å². The molecule has 0 atom stereocenters. The van der Waals surface area contributed by atoms with Crippen LogP contribution in [0.4, 0.5) is 14.6 Å². The predicted octanol–water partition coefficient (Wildman–Crippen LogP) is 4.15. The van der Waals surface area contributed by atoms with E-state index in [9.17, 15) is 13.6 Å². The lowest BCUT2D eigenvalue weighted by atomic mass is 9.85. The average Bonchev–Trinajstić information content (AvgIpc) is 3.29. The number of fused-ring (bicyclic) bond motifs is 1. The van der Waals surface area contributed by atoms with Crippen molar-refractivity contribution in [2.45, 2.75) is 51.0 Å². The summed E-state index contributed by atoms with van der Waals surface area (Å²) in [7, 11) is 0. The molecule has 0 amide bonds. The third-order valence-corrected chi connectivity index (χ3v) is 7.63. The number of nitrogens with zero attached hydrogens (tertiary/aromatic N) is 3. The molecule has 7 nitrogen and oxygen atoms in total. The van der Waals surface area contributed by atoms with Gasteiger partial charge in [0.05, 0.1) is 11.3 Å². The van der Waals surface area contributed by atoms with Crippen LogP contribution >= 0.6 is 0 Å². The zero-order chi connectivity index (χ0) is 23.5. The van der Waals surface area contributed by atoms with Crippen LogP contribution in [0, 0.1) is 23.5 Å². The fourth-order valence-corrected chi connectivity index (χ4v) is 5.47. The Hall–Kier alpha value is -2.26. The molecule has 1 aliphatic carbocycles. The molecule has 1 aromatic carbocycles. The molecule has 1 aromatic heterocycles. The van der Waals surface area contributed by atoms with Gasteiger partial charge in [0.15, 0.2) is 11.6 Å². The standard InChI is InChI=1S/C25H33F2N3O4/c26-19-15-21-23(22(27)16-19)34-28-24(21)30-11-9-29(10-12-30)8-5-17-1-3-20(4-2-17)33-25(31)18-6-13-32-14-7-18/h15-18,20H,1-14H2. The van der Waals surface area contributed by atoms with E-state index >= 15 is 0 Å². The van der Waals surface area contributed by atoms with Gasteiger partial charge in [0.25, 0.3) is 0 Å². The SMILES string of the molecule is O=C(OC1CCC(CCN2CCN(c3noc4c(F)cc(F)cc34)CC2)CC1)C1CCOCC1. The Morgan fingerprint density at radius 1 is 1.03 bits per heavy atom. The van der Waals surface area contributed by atoms with Crippen molar-refractivity contribution in [3.05, 3.63) is 23.8 Å². The summed E-state index contributed by atoms with van der Waals surface area (Å²) in [5, 5.41) is 4.40. The molecule has 0 unspecified atom stereocenters. The van der Waals surface area contributed by atoms with E-state index in [4.69, 9.17) is 14.0 Å². The van der Waals surface area contributed by atoms with Gasteiger partial charge in [0.1, 0.15) is 11.9 Å². The molecule has 3 fully saturated rings. The number of halogens is 2. The van der Waals surface area contributed by atoms with Gasteiger partial charge in [-0.15, -0.1) is 0 Å². The van der Waals surface area contributed by atoms with Crippen LogP contribution in [0.25, 0.3) is 11.0 Å². The number of carbonyl (C=O) groups excluding carboxylic acids is 1. The number of piperazine rings is 1. The van der Waals surface area contributed by atoms with Crippen molar-refractivity contribution < 1.29 is 27.6 Å². The smallest absolute Gasteiger partial charge is 0.309 e. The highest BCUT2D eigenvalue weighted by molar-refractivity contribution is 5.89. The van der Waals surface area contributed by atoms with Crippen molar-refractivity contribution in [2.75, 3.05) is 50.8 Å². The first-order chi connectivity index (χ1) is 16.6. The Bertz CT molecular complexity index is 978. The maximum absolute atomic E-state index is 13.9. The fraction of sp³-hybridized carbons (Fsp3) is 0.680. The molecule has 2 saturated heterocycles. The second-order valence-electron chi connectivity index (χ2n) is 9.85. The lowest BCUT2D eigenvalue weighted by molar-refractivity contribution is -0.159. The molecule has 9 heteroatoms. The molecule has 3 heterocycles. The summed E-state index contributed by atoms with van der Waals surface area (Å²) in [6, 6.07) is 2.10. The largest absolute Gasteiger partial charge is 0.462 e. The van der Waals surface area contributed by atoms with Crippen molar-refractivity contribution in [2.24, 2.45) is 11.8 Å². The topological polar surface area (TPSA) is 68.0 Å². The Kier molecular flexibility index (Phi) is 7.29. The molecule has 0 radical (unpaired) electrons. The fourth-order valence-electron chi connectivity index (χ4n) is 5.47. The number of carbonyl (C=O) groups is 1. The first-order valence-corrected chi connectivity index (χ1v) is 12.6. The van der Waals surface area contributed by atoms with Crippen molar-refractivity contribution in [1.29, 1.82) is 0 Å². The lowest BCUT2D eigenvalue weighted by Gasteiger charge is -2.36. The number of aromatic nitrogens is 1. The van der Waals surface area contributed by atoms with Crippen LogP contribution in [0.15, 0.2) is 16.7 Å². The molecule has 2 aromatic rings. The Balaban J connectivity index is 1.03. The van der Waals surface area contributed by atoms with E-state index in [0.717, 1.165) is 83.7 Å².